The van der Waals surface area contributed by atoms with E-state index >= 15 is 0 Å². The van der Waals surface area contributed by atoms with Crippen molar-refractivity contribution in [3.63, 3.8) is 0 Å². The SMILES string of the molecule is OC(COc1ccccc1Br)CN1CCN(Cc2ccccc2)CC1.[Cl-].[Cl-]. The molecular formula is C20H25BrCl2N2O2-2. The van der Waals surface area contributed by atoms with Crippen LogP contribution in [0.5, 0.6) is 5.75 Å². The number of aliphatic hydroxyl groups excluding tert-OH is 1. The number of para-hydroxylation sites is 1. The van der Waals surface area contributed by atoms with E-state index in [-0.39, 0.29) is 24.8 Å². The Morgan fingerprint density at radius 3 is 2.15 bits per heavy atom. The molecule has 1 aliphatic heterocycles. The van der Waals surface area contributed by atoms with Gasteiger partial charge < -0.3 is 34.7 Å². The van der Waals surface area contributed by atoms with Crippen LogP contribution >= 0.6 is 15.9 Å². The van der Waals surface area contributed by atoms with Gasteiger partial charge in [-0.3, -0.25) is 9.80 Å². The minimum absolute atomic E-state index is 0. The van der Waals surface area contributed by atoms with Crippen LogP contribution in [0.15, 0.2) is 59.1 Å². The van der Waals surface area contributed by atoms with E-state index in [0.717, 1.165) is 42.9 Å². The molecule has 3 rings (SSSR count). The molecule has 0 saturated carbocycles. The smallest absolute Gasteiger partial charge is 0.133 e. The monoisotopic (exact) mass is 474 g/mol. The summed E-state index contributed by atoms with van der Waals surface area (Å²) in [5.41, 5.74) is 1.36. The second-order valence-electron chi connectivity index (χ2n) is 6.46. The van der Waals surface area contributed by atoms with Crippen LogP contribution in [0.2, 0.25) is 0 Å². The molecule has 1 N–H and O–H groups in total. The average Bonchev–Trinajstić information content (AvgIpc) is 2.64. The molecule has 27 heavy (non-hydrogen) atoms. The van der Waals surface area contributed by atoms with Gasteiger partial charge in [0.15, 0.2) is 0 Å². The Kier molecular flexibility index (Phi) is 11.3. The highest BCUT2D eigenvalue weighted by atomic mass is 79.9. The molecule has 4 nitrogen and oxygen atoms in total. The Labute approximate surface area is 182 Å². The second-order valence-corrected chi connectivity index (χ2v) is 7.31. The molecule has 2 aromatic rings. The molecule has 0 bridgehead atoms. The van der Waals surface area contributed by atoms with E-state index in [4.69, 9.17) is 4.74 Å². The normalized spacial score (nSPS) is 16.1. The van der Waals surface area contributed by atoms with Gasteiger partial charge in [-0.15, -0.1) is 0 Å². The number of benzene rings is 2. The van der Waals surface area contributed by atoms with Crippen molar-refractivity contribution in [3.8, 4) is 5.75 Å². The molecule has 0 aliphatic carbocycles. The topological polar surface area (TPSA) is 35.9 Å². The first-order valence-electron chi connectivity index (χ1n) is 8.75. The van der Waals surface area contributed by atoms with Crippen LogP contribution in [0.4, 0.5) is 0 Å². The molecule has 0 aromatic heterocycles. The summed E-state index contributed by atoms with van der Waals surface area (Å²) < 4.78 is 6.62. The second kappa shape index (κ2) is 12.6. The molecule has 150 valence electrons. The standard InChI is InChI=1S/C20H25BrN2O2.2ClH/c21-19-8-4-5-9-20(19)25-16-18(24)15-23-12-10-22(11-13-23)14-17-6-2-1-3-7-17;;/h1-9,18,24H,10-16H2;2*1H/p-2. The molecule has 1 saturated heterocycles. The van der Waals surface area contributed by atoms with Gasteiger partial charge in [0.05, 0.1) is 4.47 Å². The lowest BCUT2D eigenvalue weighted by atomic mass is 10.2. The Bertz CT molecular complexity index is 655. The van der Waals surface area contributed by atoms with Crippen LogP contribution in [-0.2, 0) is 6.54 Å². The van der Waals surface area contributed by atoms with Crippen molar-refractivity contribution < 1.29 is 34.7 Å². The number of nitrogens with zero attached hydrogens (tertiary/aromatic N) is 2. The molecule has 1 aliphatic rings. The number of hydrogen-bond acceptors (Lipinski definition) is 4. The van der Waals surface area contributed by atoms with Crippen LogP contribution in [-0.4, -0.2) is 60.3 Å². The number of β-amino-alcohol motifs (C(OH)–C–C–N with tert-alkyl or cyclic N) is 1. The summed E-state index contributed by atoms with van der Waals surface area (Å²) in [6.07, 6.45) is -0.479. The minimum Gasteiger partial charge on any atom is -1.00 e. The first kappa shape index (κ1) is 24.2. The van der Waals surface area contributed by atoms with Gasteiger partial charge in [-0.25, -0.2) is 0 Å². The number of rotatable bonds is 7. The van der Waals surface area contributed by atoms with Gasteiger partial charge in [-0.1, -0.05) is 42.5 Å². The summed E-state index contributed by atoms with van der Waals surface area (Å²) in [5, 5.41) is 10.3. The third-order valence-electron chi connectivity index (χ3n) is 4.45. The van der Waals surface area contributed by atoms with E-state index in [2.05, 4.69) is 56.1 Å². The minimum atomic E-state index is -0.479. The van der Waals surface area contributed by atoms with Gasteiger partial charge in [0, 0.05) is 39.3 Å². The van der Waals surface area contributed by atoms with E-state index in [1.54, 1.807) is 0 Å². The fourth-order valence-corrected chi connectivity index (χ4v) is 3.47. The van der Waals surface area contributed by atoms with E-state index in [9.17, 15) is 5.11 Å². The van der Waals surface area contributed by atoms with Crippen molar-refractivity contribution in [2.45, 2.75) is 12.6 Å². The molecule has 1 unspecified atom stereocenters. The lowest BCUT2D eigenvalue weighted by Gasteiger charge is -2.35. The van der Waals surface area contributed by atoms with Gasteiger partial charge in [-0.2, -0.15) is 0 Å². The van der Waals surface area contributed by atoms with Gasteiger partial charge in [0.1, 0.15) is 18.5 Å². The van der Waals surface area contributed by atoms with Gasteiger partial charge >= 0.3 is 0 Å². The third-order valence-corrected chi connectivity index (χ3v) is 5.11. The third kappa shape index (κ3) is 7.98. The lowest BCUT2D eigenvalue weighted by Crippen LogP contribution is -3.00. The maximum absolute atomic E-state index is 10.3. The maximum atomic E-state index is 10.3. The van der Waals surface area contributed by atoms with E-state index in [1.165, 1.54) is 5.56 Å². The fraction of sp³-hybridized carbons (Fsp3) is 0.400. The molecule has 1 fully saturated rings. The van der Waals surface area contributed by atoms with Crippen LogP contribution in [0.25, 0.3) is 0 Å². The highest BCUT2D eigenvalue weighted by molar-refractivity contribution is 9.10. The Balaban J connectivity index is 0.00000182. The summed E-state index contributed by atoms with van der Waals surface area (Å²) in [4.78, 5) is 4.78. The van der Waals surface area contributed by atoms with Crippen molar-refractivity contribution in [2.24, 2.45) is 0 Å². The Morgan fingerprint density at radius 2 is 1.48 bits per heavy atom. The van der Waals surface area contributed by atoms with Crippen molar-refractivity contribution >= 4 is 15.9 Å². The van der Waals surface area contributed by atoms with Crippen LogP contribution in [0, 0.1) is 0 Å². The molecule has 1 atom stereocenters. The predicted molar refractivity (Wildman–Crippen MR) is 104 cm³/mol. The molecule has 0 spiro atoms. The van der Waals surface area contributed by atoms with E-state index in [0.29, 0.717) is 13.2 Å². The van der Waals surface area contributed by atoms with E-state index in [1.807, 2.05) is 24.3 Å². The first-order valence-corrected chi connectivity index (χ1v) is 9.54. The molecule has 0 amide bonds. The van der Waals surface area contributed by atoms with Gasteiger partial charge in [0.2, 0.25) is 0 Å². The molecule has 2 aromatic carbocycles. The highest BCUT2D eigenvalue weighted by Crippen LogP contribution is 2.23. The van der Waals surface area contributed by atoms with Gasteiger partial charge in [0.25, 0.3) is 0 Å². The zero-order valence-electron chi connectivity index (χ0n) is 15.1. The van der Waals surface area contributed by atoms with Crippen molar-refractivity contribution in [1.82, 2.24) is 9.80 Å². The molecule has 0 radical (unpaired) electrons. The van der Waals surface area contributed by atoms with Crippen molar-refractivity contribution in [2.75, 3.05) is 39.3 Å². The Morgan fingerprint density at radius 1 is 0.889 bits per heavy atom. The number of ether oxygens (including phenoxy) is 1. The summed E-state index contributed by atoms with van der Waals surface area (Å²) in [6, 6.07) is 18.3. The average molecular weight is 476 g/mol. The number of hydrogen-bond donors (Lipinski definition) is 1. The zero-order chi connectivity index (χ0) is 17.5. The summed E-state index contributed by atoms with van der Waals surface area (Å²) >= 11 is 3.46. The first-order chi connectivity index (χ1) is 12.2. The largest absolute Gasteiger partial charge is 1.00 e. The number of aliphatic hydroxyl groups is 1. The zero-order valence-corrected chi connectivity index (χ0v) is 18.2. The number of halogens is 3. The summed E-state index contributed by atoms with van der Waals surface area (Å²) in [7, 11) is 0. The van der Waals surface area contributed by atoms with Crippen molar-refractivity contribution in [3.05, 3.63) is 64.6 Å². The highest BCUT2D eigenvalue weighted by Gasteiger charge is 2.19. The van der Waals surface area contributed by atoms with Crippen LogP contribution in [0.3, 0.4) is 0 Å². The lowest BCUT2D eigenvalue weighted by molar-refractivity contribution is -0.001000. The molecule has 7 heteroatoms. The van der Waals surface area contributed by atoms with Gasteiger partial charge in [-0.05, 0) is 33.6 Å². The fourth-order valence-electron chi connectivity index (χ4n) is 3.07. The molecular weight excluding hydrogens is 451 g/mol. The summed E-state index contributed by atoms with van der Waals surface area (Å²) in [6.45, 7) is 6.01. The van der Waals surface area contributed by atoms with Crippen molar-refractivity contribution in [1.29, 1.82) is 0 Å². The molecule has 1 heterocycles. The maximum Gasteiger partial charge on any atom is 0.133 e. The Hall–Kier alpha value is -0.820. The van der Waals surface area contributed by atoms with E-state index < -0.39 is 6.10 Å². The van der Waals surface area contributed by atoms with Crippen LogP contribution in [0.1, 0.15) is 5.56 Å². The number of piperazine rings is 1. The quantitative estimate of drug-likeness (QED) is 0.463. The predicted octanol–water partition coefficient (Wildman–Crippen LogP) is -2.99. The summed E-state index contributed by atoms with van der Waals surface area (Å²) in [5.74, 6) is 0.772. The van der Waals surface area contributed by atoms with Crippen LogP contribution < -0.4 is 29.6 Å².